The average Bonchev–Trinajstić information content (AvgIpc) is 2.65. The van der Waals surface area contributed by atoms with Crippen LogP contribution in [0, 0.1) is 5.92 Å². The molecule has 2 unspecified atom stereocenters. The van der Waals surface area contributed by atoms with Gasteiger partial charge in [0, 0.05) is 12.1 Å². The Morgan fingerprint density at radius 1 is 1.19 bits per heavy atom. The van der Waals surface area contributed by atoms with Crippen LogP contribution in [-0.2, 0) is 0 Å². The molecule has 5 heteroatoms. The first-order valence-electron chi connectivity index (χ1n) is 7.48. The largest absolute Gasteiger partial charge is 0.497 e. The quantitative estimate of drug-likeness (QED) is 0.801. The van der Waals surface area contributed by atoms with Crippen LogP contribution in [-0.4, -0.2) is 19.8 Å². The molecular formula is C16H23F2NO2. The summed E-state index contributed by atoms with van der Waals surface area (Å²) in [6, 6.07) is 5.15. The molecular weight excluding hydrogens is 276 g/mol. The van der Waals surface area contributed by atoms with Crippen molar-refractivity contribution in [3.63, 3.8) is 0 Å². The molecule has 0 amide bonds. The van der Waals surface area contributed by atoms with E-state index in [4.69, 9.17) is 4.74 Å². The Hall–Kier alpha value is -1.52. The van der Waals surface area contributed by atoms with Gasteiger partial charge < -0.3 is 14.8 Å². The smallest absolute Gasteiger partial charge is 0.387 e. The van der Waals surface area contributed by atoms with Crippen molar-refractivity contribution in [2.75, 3.05) is 12.4 Å². The van der Waals surface area contributed by atoms with Crippen LogP contribution in [0.2, 0.25) is 0 Å². The molecule has 1 aliphatic rings. The Bertz CT molecular complexity index is 454. The Balaban J connectivity index is 2.12. The van der Waals surface area contributed by atoms with Gasteiger partial charge in [0.15, 0.2) is 0 Å². The highest BCUT2D eigenvalue weighted by Gasteiger charge is 2.18. The number of benzene rings is 1. The van der Waals surface area contributed by atoms with Crippen molar-refractivity contribution in [2.45, 2.75) is 51.7 Å². The maximum Gasteiger partial charge on any atom is 0.387 e. The van der Waals surface area contributed by atoms with Gasteiger partial charge in [0.1, 0.15) is 11.5 Å². The summed E-state index contributed by atoms with van der Waals surface area (Å²) in [7, 11) is 1.56. The van der Waals surface area contributed by atoms with Gasteiger partial charge in [-0.3, -0.25) is 0 Å². The number of hydrogen-bond donors (Lipinski definition) is 1. The second kappa shape index (κ2) is 7.48. The number of methoxy groups -OCH3 is 1. The van der Waals surface area contributed by atoms with Crippen molar-refractivity contribution >= 4 is 5.69 Å². The summed E-state index contributed by atoms with van der Waals surface area (Å²) in [5.41, 5.74) is 0.578. The molecule has 1 saturated carbocycles. The van der Waals surface area contributed by atoms with Gasteiger partial charge in [0.25, 0.3) is 0 Å². The number of anilines is 1. The first kappa shape index (κ1) is 15.9. The second-order valence-electron chi connectivity index (χ2n) is 5.70. The highest BCUT2D eigenvalue weighted by molar-refractivity contribution is 5.60. The van der Waals surface area contributed by atoms with E-state index in [9.17, 15) is 8.78 Å². The molecule has 118 valence electrons. The molecule has 0 aromatic heterocycles. The molecule has 1 N–H and O–H groups in total. The second-order valence-corrected chi connectivity index (χ2v) is 5.70. The molecule has 0 bridgehead atoms. The topological polar surface area (TPSA) is 30.5 Å². The van der Waals surface area contributed by atoms with Crippen LogP contribution >= 0.6 is 0 Å². The van der Waals surface area contributed by atoms with Gasteiger partial charge in [-0.15, -0.1) is 0 Å². The highest BCUT2D eigenvalue weighted by Crippen LogP contribution is 2.33. The molecule has 2 rings (SSSR count). The fraction of sp³-hybridized carbons (Fsp3) is 0.625. The van der Waals surface area contributed by atoms with Crippen molar-refractivity contribution < 1.29 is 18.3 Å². The van der Waals surface area contributed by atoms with Gasteiger partial charge in [-0.1, -0.05) is 19.8 Å². The lowest BCUT2D eigenvalue weighted by Gasteiger charge is -2.20. The summed E-state index contributed by atoms with van der Waals surface area (Å²) >= 11 is 0. The van der Waals surface area contributed by atoms with Crippen LogP contribution in [0.3, 0.4) is 0 Å². The zero-order valence-electron chi connectivity index (χ0n) is 12.6. The van der Waals surface area contributed by atoms with E-state index in [0.717, 1.165) is 31.6 Å². The van der Waals surface area contributed by atoms with Gasteiger partial charge in [-0.05, 0) is 37.3 Å². The molecule has 0 heterocycles. The molecule has 21 heavy (non-hydrogen) atoms. The standard InChI is InChI=1S/C16H23F2NO2/c1-11-4-3-5-12(7-6-11)19-14-10-13(20-2)8-9-15(14)21-16(17)18/h8-12,16,19H,3-7H2,1-2H3. The number of hydrogen-bond acceptors (Lipinski definition) is 3. The molecule has 0 spiro atoms. The summed E-state index contributed by atoms with van der Waals surface area (Å²) in [6.45, 7) is -0.563. The minimum absolute atomic E-state index is 0.170. The zero-order valence-corrected chi connectivity index (χ0v) is 12.6. The maximum atomic E-state index is 12.5. The SMILES string of the molecule is COc1ccc(OC(F)F)c(NC2CCCC(C)CC2)c1. The van der Waals surface area contributed by atoms with Crippen LogP contribution in [0.25, 0.3) is 0 Å². The van der Waals surface area contributed by atoms with Crippen LogP contribution < -0.4 is 14.8 Å². The van der Waals surface area contributed by atoms with Gasteiger partial charge in [0.05, 0.1) is 12.8 Å². The molecule has 3 nitrogen and oxygen atoms in total. The lowest BCUT2D eigenvalue weighted by molar-refractivity contribution is -0.0494. The highest BCUT2D eigenvalue weighted by atomic mass is 19.3. The Morgan fingerprint density at radius 2 is 2.00 bits per heavy atom. The lowest BCUT2D eigenvalue weighted by Crippen LogP contribution is -2.19. The minimum Gasteiger partial charge on any atom is -0.497 e. The molecule has 0 aliphatic heterocycles. The maximum absolute atomic E-state index is 12.5. The van der Waals surface area contributed by atoms with E-state index >= 15 is 0 Å². The molecule has 1 aliphatic carbocycles. The van der Waals surface area contributed by atoms with E-state index in [1.807, 2.05) is 0 Å². The van der Waals surface area contributed by atoms with Gasteiger partial charge >= 0.3 is 6.61 Å². The summed E-state index contributed by atoms with van der Waals surface area (Å²) in [5, 5.41) is 3.35. The molecule has 1 aromatic rings. The Labute approximate surface area is 124 Å². The van der Waals surface area contributed by atoms with E-state index in [1.165, 1.54) is 12.5 Å². The van der Waals surface area contributed by atoms with Crippen molar-refractivity contribution in [3.8, 4) is 11.5 Å². The third-order valence-electron chi connectivity index (χ3n) is 4.02. The Kier molecular flexibility index (Phi) is 5.65. The van der Waals surface area contributed by atoms with Gasteiger partial charge in [0.2, 0.25) is 0 Å². The van der Waals surface area contributed by atoms with Crippen LogP contribution in [0.5, 0.6) is 11.5 Å². The van der Waals surface area contributed by atoms with Crippen molar-refractivity contribution in [1.82, 2.24) is 0 Å². The molecule has 2 atom stereocenters. The van der Waals surface area contributed by atoms with E-state index in [0.29, 0.717) is 17.5 Å². The summed E-state index contributed by atoms with van der Waals surface area (Å²) in [4.78, 5) is 0. The lowest BCUT2D eigenvalue weighted by atomic mass is 10.0. The number of rotatable bonds is 5. The molecule has 0 radical (unpaired) electrons. The molecule has 1 aromatic carbocycles. The average molecular weight is 299 g/mol. The fourth-order valence-electron chi connectivity index (χ4n) is 2.80. The summed E-state index contributed by atoms with van der Waals surface area (Å²) < 4.78 is 34.7. The fourth-order valence-corrected chi connectivity index (χ4v) is 2.80. The normalized spacial score (nSPS) is 22.7. The number of ether oxygens (including phenoxy) is 2. The third-order valence-corrected chi connectivity index (χ3v) is 4.02. The molecule has 0 saturated heterocycles. The van der Waals surface area contributed by atoms with Crippen molar-refractivity contribution in [1.29, 1.82) is 0 Å². The Morgan fingerprint density at radius 3 is 2.71 bits per heavy atom. The van der Waals surface area contributed by atoms with Crippen LogP contribution in [0.1, 0.15) is 39.0 Å². The molecule has 1 fully saturated rings. The third kappa shape index (κ3) is 4.76. The first-order chi connectivity index (χ1) is 10.1. The monoisotopic (exact) mass is 299 g/mol. The van der Waals surface area contributed by atoms with E-state index in [1.54, 1.807) is 19.2 Å². The number of alkyl halides is 2. The number of halogens is 2. The van der Waals surface area contributed by atoms with Gasteiger partial charge in [-0.25, -0.2) is 0 Å². The minimum atomic E-state index is -2.83. The first-order valence-corrected chi connectivity index (χ1v) is 7.48. The summed E-state index contributed by atoms with van der Waals surface area (Å²) in [6.07, 6.45) is 5.65. The van der Waals surface area contributed by atoms with Crippen molar-refractivity contribution in [3.05, 3.63) is 18.2 Å². The van der Waals surface area contributed by atoms with E-state index < -0.39 is 6.61 Å². The predicted octanol–water partition coefficient (Wildman–Crippen LogP) is 4.68. The predicted molar refractivity (Wildman–Crippen MR) is 79.3 cm³/mol. The number of nitrogens with one attached hydrogen (secondary N) is 1. The van der Waals surface area contributed by atoms with Crippen LogP contribution in [0.4, 0.5) is 14.5 Å². The van der Waals surface area contributed by atoms with E-state index in [2.05, 4.69) is 17.0 Å². The van der Waals surface area contributed by atoms with Gasteiger partial charge in [-0.2, -0.15) is 8.78 Å². The van der Waals surface area contributed by atoms with E-state index in [-0.39, 0.29) is 5.75 Å². The zero-order chi connectivity index (χ0) is 15.2. The van der Waals surface area contributed by atoms with Crippen LogP contribution in [0.15, 0.2) is 18.2 Å². The van der Waals surface area contributed by atoms with Crippen molar-refractivity contribution in [2.24, 2.45) is 5.92 Å². The summed E-state index contributed by atoms with van der Waals surface area (Å²) in [5.74, 6) is 1.53.